The van der Waals surface area contributed by atoms with Gasteiger partial charge in [0.25, 0.3) is 0 Å². The molecule has 0 spiro atoms. The Labute approximate surface area is 99.6 Å². The predicted molar refractivity (Wildman–Crippen MR) is 64.6 cm³/mol. The van der Waals surface area contributed by atoms with Gasteiger partial charge in [-0.2, -0.15) is 0 Å². The maximum atomic E-state index is 5.85. The van der Waals surface area contributed by atoms with E-state index in [1.165, 1.54) is 17.7 Å². The van der Waals surface area contributed by atoms with Gasteiger partial charge in [-0.1, -0.05) is 11.6 Å². The molecule has 1 N–H and O–H groups in total. The van der Waals surface area contributed by atoms with E-state index < -0.39 is 0 Å². The Morgan fingerprint density at radius 1 is 1.47 bits per heavy atom. The van der Waals surface area contributed by atoms with Crippen LogP contribution in [0.4, 0.5) is 0 Å². The van der Waals surface area contributed by atoms with Crippen LogP contribution < -0.4 is 5.32 Å². The molecule has 4 heteroatoms. The van der Waals surface area contributed by atoms with Crippen molar-refractivity contribution in [1.29, 1.82) is 0 Å². The Morgan fingerprint density at radius 2 is 2.27 bits per heavy atom. The highest BCUT2D eigenvalue weighted by Gasteiger charge is 2.12. The molecular formula is C11H16ClNOS. The van der Waals surface area contributed by atoms with Crippen molar-refractivity contribution in [2.75, 3.05) is 19.8 Å². The summed E-state index contributed by atoms with van der Waals surface area (Å²) in [6.07, 6.45) is 2.39. The topological polar surface area (TPSA) is 21.3 Å². The van der Waals surface area contributed by atoms with Crippen LogP contribution in [0.5, 0.6) is 0 Å². The molecule has 1 fully saturated rings. The molecular weight excluding hydrogens is 230 g/mol. The van der Waals surface area contributed by atoms with Crippen LogP contribution >= 0.6 is 22.9 Å². The van der Waals surface area contributed by atoms with Crippen molar-refractivity contribution in [2.45, 2.75) is 19.4 Å². The van der Waals surface area contributed by atoms with Gasteiger partial charge in [0.2, 0.25) is 0 Å². The van der Waals surface area contributed by atoms with Gasteiger partial charge in [0.05, 0.1) is 5.02 Å². The summed E-state index contributed by atoms with van der Waals surface area (Å²) in [4.78, 5) is 1.31. The average Bonchev–Trinajstić information content (AvgIpc) is 2.66. The van der Waals surface area contributed by atoms with Crippen molar-refractivity contribution in [3.05, 3.63) is 21.3 Å². The monoisotopic (exact) mass is 245 g/mol. The summed E-state index contributed by atoms with van der Waals surface area (Å²) in [5.74, 6) is 0.786. The van der Waals surface area contributed by atoms with Gasteiger partial charge in [-0.15, -0.1) is 11.3 Å². The molecule has 0 aromatic carbocycles. The number of rotatable bonds is 4. The van der Waals surface area contributed by atoms with Crippen LogP contribution in [-0.2, 0) is 11.3 Å². The molecule has 0 radical (unpaired) electrons. The maximum Gasteiger partial charge on any atom is 0.0516 e. The van der Waals surface area contributed by atoms with Gasteiger partial charge in [-0.25, -0.2) is 0 Å². The summed E-state index contributed by atoms with van der Waals surface area (Å²) < 4.78 is 5.32. The van der Waals surface area contributed by atoms with Crippen LogP contribution in [0.25, 0.3) is 0 Å². The van der Waals surface area contributed by atoms with Crippen molar-refractivity contribution in [3.63, 3.8) is 0 Å². The molecule has 0 atom stereocenters. The Morgan fingerprint density at radius 3 is 2.93 bits per heavy atom. The number of hydrogen-bond donors (Lipinski definition) is 1. The first-order chi connectivity index (χ1) is 7.34. The molecule has 1 aliphatic rings. The molecule has 84 valence electrons. The third kappa shape index (κ3) is 3.76. The summed E-state index contributed by atoms with van der Waals surface area (Å²) in [7, 11) is 0. The fourth-order valence-electron chi connectivity index (χ4n) is 1.80. The van der Waals surface area contributed by atoms with E-state index in [0.717, 1.165) is 37.2 Å². The number of ether oxygens (including phenoxy) is 1. The minimum Gasteiger partial charge on any atom is -0.381 e. The molecule has 15 heavy (non-hydrogen) atoms. The smallest absolute Gasteiger partial charge is 0.0516 e. The quantitative estimate of drug-likeness (QED) is 0.881. The van der Waals surface area contributed by atoms with Gasteiger partial charge in [-0.3, -0.25) is 0 Å². The molecule has 0 unspecified atom stereocenters. The van der Waals surface area contributed by atoms with Crippen LogP contribution in [-0.4, -0.2) is 19.8 Å². The summed E-state index contributed by atoms with van der Waals surface area (Å²) in [5.41, 5.74) is 0. The largest absolute Gasteiger partial charge is 0.381 e. The van der Waals surface area contributed by atoms with Crippen LogP contribution in [0.2, 0.25) is 5.02 Å². The van der Waals surface area contributed by atoms with Gasteiger partial charge >= 0.3 is 0 Å². The fraction of sp³-hybridized carbons (Fsp3) is 0.636. The lowest BCUT2D eigenvalue weighted by molar-refractivity contribution is 0.0662. The lowest BCUT2D eigenvalue weighted by Gasteiger charge is -2.22. The van der Waals surface area contributed by atoms with Crippen LogP contribution in [0, 0.1) is 5.92 Å². The van der Waals surface area contributed by atoms with Crippen molar-refractivity contribution in [2.24, 2.45) is 5.92 Å². The van der Waals surface area contributed by atoms with E-state index in [4.69, 9.17) is 16.3 Å². The highest BCUT2D eigenvalue weighted by atomic mass is 35.5. The SMILES string of the molecule is Clc1csc(CNCC2CCOCC2)c1. The van der Waals surface area contributed by atoms with Gasteiger partial charge in [0.15, 0.2) is 0 Å². The Kier molecular flexibility index (Phi) is 4.44. The first kappa shape index (κ1) is 11.4. The van der Waals surface area contributed by atoms with E-state index in [2.05, 4.69) is 5.32 Å². The summed E-state index contributed by atoms with van der Waals surface area (Å²) >= 11 is 7.57. The summed E-state index contributed by atoms with van der Waals surface area (Å²) in [5, 5.41) is 6.31. The predicted octanol–water partition coefficient (Wildman–Crippen LogP) is 2.92. The van der Waals surface area contributed by atoms with Gasteiger partial charge in [0, 0.05) is 30.0 Å². The minimum absolute atomic E-state index is 0.786. The van der Waals surface area contributed by atoms with Gasteiger partial charge in [-0.05, 0) is 31.4 Å². The summed E-state index contributed by atoms with van der Waals surface area (Å²) in [6, 6.07) is 2.03. The molecule has 1 aromatic rings. The number of nitrogens with one attached hydrogen (secondary N) is 1. The number of halogens is 1. The van der Waals surface area contributed by atoms with Crippen molar-refractivity contribution >= 4 is 22.9 Å². The third-order valence-corrected chi connectivity index (χ3v) is 3.98. The molecule has 2 rings (SSSR count). The molecule has 0 saturated carbocycles. The zero-order valence-corrected chi connectivity index (χ0v) is 10.2. The van der Waals surface area contributed by atoms with E-state index in [9.17, 15) is 0 Å². The maximum absolute atomic E-state index is 5.85. The molecule has 0 aliphatic carbocycles. The second-order valence-electron chi connectivity index (χ2n) is 3.92. The van der Waals surface area contributed by atoms with E-state index >= 15 is 0 Å². The highest BCUT2D eigenvalue weighted by Crippen LogP contribution is 2.19. The molecule has 0 bridgehead atoms. The third-order valence-electron chi connectivity index (χ3n) is 2.69. The molecule has 2 nitrogen and oxygen atoms in total. The van der Waals surface area contributed by atoms with Crippen LogP contribution in [0.1, 0.15) is 17.7 Å². The molecule has 0 amide bonds. The molecule has 1 aliphatic heterocycles. The fourth-order valence-corrected chi connectivity index (χ4v) is 2.84. The van der Waals surface area contributed by atoms with E-state index in [-0.39, 0.29) is 0 Å². The Hall–Kier alpha value is -0.0900. The van der Waals surface area contributed by atoms with Crippen LogP contribution in [0.3, 0.4) is 0 Å². The lowest BCUT2D eigenvalue weighted by Crippen LogP contribution is -2.27. The molecule has 2 heterocycles. The molecule has 1 saturated heterocycles. The van der Waals surface area contributed by atoms with Crippen molar-refractivity contribution < 1.29 is 4.74 Å². The zero-order valence-electron chi connectivity index (χ0n) is 8.67. The van der Waals surface area contributed by atoms with Crippen molar-refractivity contribution in [3.8, 4) is 0 Å². The average molecular weight is 246 g/mol. The first-order valence-corrected chi connectivity index (χ1v) is 6.62. The van der Waals surface area contributed by atoms with E-state index in [0.29, 0.717) is 0 Å². The summed E-state index contributed by atoms with van der Waals surface area (Å²) in [6.45, 7) is 3.89. The second-order valence-corrected chi connectivity index (χ2v) is 5.35. The van der Waals surface area contributed by atoms with Gasteiger partial charge < -0.3 is 10.1 Å². The standard InChI is InChI=1S/C11H16ClNOS/c12-10-5-11(15-8-10)7-13-6-9-1-3-14-4-2-9/h5,8-9,13H,1-4,6-7H2. The normalized spacial score (nSPS) is 18.2. The Bertz CT molecular complexity index is 297. The first-order valence-electron chi connectivity index (χ1n) is 5.36. The number of hydrogen-bond acceptors (Lipinski definition) is 3. The minimum atomic E-state index is 0.786. The van der Waals surface area contributed by atoms with Gasteiger partial charge in [0.1, 0.15) is 0 Å². The zero-order chi connectivity index (χ0) is 10.5. The second kappa shape index (κ2) is 5.85. The highest BCUT2D eigenvalue weighted by molar-refractivity contribution is 7.10. The molecule has 1 aromatic heterocycles. The van der Waals surface area contributed by atoms with E-state index in [1.807, 2.05) is 11.4 Å². The van der Waals surface area contributed by atoms with Crippen LogP contribution in [0.15, 0.2) is 11.4 Å². The number of thiophene rings is 1. The van der Waals surface area contributed by atoms with Crippen molar-refractivity contribution in [1.82, 2.24) is 5.32 Å². The van der Waals surface area contributed by atoms with E-state index in [1.54, 1.807) is 11.3 Å². The Balaban J connectivity index is 1.65. The lowest BCUT2D eigenvalue weighted by atomic mass is 10.0.